The molecular formula is C23H19ClN4O. The molecule has 0 saturated heterocycles. The Hall–Kier alpha value is -3.44. The van der Waals surface area contributed by atoms with Crippen LogP contribution in [0.4, 0.5) is 5.69 Å². The molecule has 5 nitrogen and oxygen atoms in total. The zero-order valence-corrected chi connectivity index (χ0v) is 16.8. The molecule has 0 aliphatic rings. The number of para-hydroxylation sites is 1. The fourth-order valence-corrected chi connectivity index (χ4v) is 3.25. The van der Waals surface area contributed by atoms with E-state index < -0.39 is 0 Å². The molecular weight excluding hydrogens is 384 g/mol. The lowest BCUT2D eigenvalue weighted by molar-refractivity contribution is 0.101. The van der Waals surface area contributed by atoms with Crippen LogP contribution >= 0.6 is 11.6 Å². The molecule has 0 aliphatic carbocycles. The Balaban J connectivity index is 1.78. The number of hydrogen-bond donors (Lipinski definition) is 1. The third-order valence-electron chi connectivity index (χ3n) is 4.70. The zero-order chi connectivity index (χ0) is 20.4. The zero-order valence-electron chi connectivity index (χ0n) is 16.1. The van der Waals surface area contributed by atoms with Crippen molar-refractivity contribution in [1.29, 1.82) is 0 Å². The molecule has 3 aromatic carbocycles. The SMILES string of the molecule is Cc1ccccc1-n1nc(C(=O)Nc2cccc(Cl)c2C)nc1-c1ccccc1. The highest BCUT2D eigenvalue weighted by Crippen LogP contribution is 2.25. The van der Waals surface area contributed by atoms with Crippen molar-refractivity contribution in [2.75, 3.05) is 5.32 Å². The van der Waals surface area contributed by atoms with Gasteiger partial charge in [0.15, 0.2) is 5.82 Å². The summed E-state index contributed by atoms with van der Waals surface area (Å²) in [6.07, 6.45) is 0. The van der Waals surface area contributed by atoms with Gasteiger partial charge in [0.05, 0.1) is 5.69 Å². The van der Waals surface area contributed by atoms with Gasteiger partial charge < -0.3 is 5.32 Å². The van der Waals surface area contributed by atoms with Crippen molar-refractivity contribution in [2.45, 2.75) is 13.8 Å². The number of carbonyl (C=O) groups excluding carboxylic acids is 1. The highest BCUT2D eigenvalue weighted by molar-refractivity contribution is 6.31. The van der Waals surface area contributed by atoms with E-state index in [4.69, 9.17) is 11.6 Å². The molecule has 0 spiro atoms. The van der Waals surface area contributed by atoms with Gasteiger partial charge in [0, 0.05) is 16.3 Å². The van der Waals surface area contributed by atoms with E-state index in [1.807, 2.05) is 68.4 Å². The summed E-state index contributed by atoms with van der Waals surface area (Å²) < 4.78 is 1.71. The first-order valence-corrected chi connectivity index (χ1v) is 9.57. The van der Waals surface area contributed by atoms with Gasteiger partial charge in [-0.25, -0.2) is 9.67 Å². The van der Waals surface area contributed by atoms with Crippen LogP contribution in [0.3, 0.4) is 0 Å². The quantitative estimate of drug-likeness (QED) is 0.493. The Morgan fingerprint density at radius 3 is 2.41 bits per heavy atom. The van der Waals surface area contributed by atoms with Gasteiger partial charge in [-0.2, -0.15) is 0 Å². The predicted octanol–water partition coefficient (Wildman–Crippen LogP) is 5.46. The monoisotopic (exact) mass is 402 g/mol. The second kappa shape index (κ2) is 7.89. The molecule has 0 radical (unpaired) electrons. The lowest BCUT2D eigenvalue weighted by Crippen LogP contribution is -2.15. The third-order valence-corrected chi connectivity index (χ3v) is 5.11. The number of carbonyl (C=O) groups is 1. The fraction of sp³-hybridized carbons (Fsp3) is 0.0870. The number of hydrogen-bond acceptors (Lipinski definition) is 3. The van der Waals surface area contributed by atoms with Crippen molar-refractivity contribution < 1.29 is 4.79 Å². The van der Waals surface area contributed by atoms with Crippen LogP contribution in [0.5, 0.6) is 0 Å². The first-order chi connectivity index (χ1) is 14.0. The summed E-state index contributed by atoms with van der Waals surface area (Å²) in [7, 11) is 0. The molecule has 0 bridgehead atoms. The molecule has 0 fully saturated rings. The Morgan fingerprint density at radius 1 is 0.931 bits per heavy atom. The molecule has 1 N–H and O–H groups in total. The standard InChI is InChI=1S/C23H19ClN4O/c1-15-9-6-7-14-20(15)28-22(17-10-4-3-5-11-17)26-21(27-28)23(29)25-19-13-8-12-18(24)16(19)2/h3-14H,1-2H3,(H,25,29). The first-order valence-electron chi connectivity index (χ1n) is 9.19. The average molecular weight is 403 g/mol. The van der Waals surface area contributed by atoms with Crippen LogP contribution in [0.15, 0.2) is 72.8 Å². The third kappa shape index (κ3) is 3.77. The van der Waals surface area contributed by atoms with Crippen molar-refractivity contribution >= 4 is 23.2 Å². The molecule has 4 rings (SSSR count). The summed E-state index contributed by atoms with van der Waals surface area (Å²) >= 11 is 6.16. The summed E-state index contributed by atoms with van der Waals surface area (Å²) in [5, 5.41) is 7.98. The fourth-order valence-electron chi connectivity index (χ4n) is 3.07. The summed E-state index contributed by atoms with van der Waals surface area (Å²) in [5.74, 6) is 0.305. The minimum absolute atomic E-state index is 0.0893. The van der Waals surface area contributed by atoms with E-state index in [1.54, 1.807) is 22.9 Å². The summed E-state index contributed by atoms with van der Waals surface area (Å²) in [4.78, 5) is 17.5. The number of aromatic nitrogens is 3. The second-order valence-corrected chi connectivity index (χ2v) is 7.10. The molecule has 1 heterocycles. The number of benzene rings is 3. The normalized spacial score (nSPS) is 10.7. The van der Waals surface area contributed by atoms with E-state index in [-0.39, 0.29) is 11.7 Å². The Labute approximate surface area is 174 Å². The van der Waals surface area contributed by atoms with Gasteiger partial charge in [-0.1, -0.05) is 66.2 Å². The largest absolute Gasteiger partial charge is 0.319 e. The lowest BCUT2D eigenvalue weighted by Gasteiger charge is -2.08. The minimum Gasteiger partial charge on any atom is -0.319 e. The number of halogens is 1. The topological polar surface area (TPSA) is 59.8 Å². The van der Waals surface area contributed by atoms with E-state index >= 15 is 0 Å². The smallest absolute Gasteiger partial charge is 0.295 e. The highest BCUT2D eigenvalue weighted by Gasteiger charge is 2.20. The van der Waals surface area contributed by atoms with Crippen LogP contribution in [-0.4, -0.2) is 20.7 Å². The highest BCUT2D eigenvalue weighted by atomic mass is 35.5. The first kappa shape index (κ1) is 18.9. The van der Waals surface area contributed by atoms with Crippen LogP contribution in [0.1, 0.15) is 21.7 Å². The van der Waals surface area contributed by atoms with Gasteiger partial charge in [0.2, 0.25) is 5.82 Å². The van der Waals surface area contributed by atoms with Crippen molar-refractivity contribution in [3.05, 3.63) is 94.8 Å². The van der Waals surface area contributed by atoms with Gasteiger partial charge in [-0.3, -0.25) is 4.79 Å². The maximum Gasteiger partial charge on any atom is 0.295 e. The van der Waals surface area contributed by atoms with Gasteiger partial charge in [0.25, 0.3) is 5.91 Å². The molecule has 1 aromatic heterocycles. The molecule has 0 aliphatic heterocycles. The van der Waals surface area contributed by atoms with Crippen molar-refractivity contribution in [1.82, 2.24) is 14.8 Å². The van der Waals surface area contributed by atoms with E-state index in [2.05, 4.69) is 15.4 Å². The molecule has 1 amide bonds. The molecule has 29 heavy (non-hydrogen) atoms. The van der Waals surface area contributed by atoms with E-state index in [9.17, 15) is 4.79 Å². The van der Waals surface area contributed by atoms with Crippen LogP contribution in [0, 0.1) is 13.8 Å². The number of amides is 1. The van der Waals surface area contributed by atoms with Crippen LogP contribution in [-0.2, 0) is 0 Å². The molecule has 6 heteroatoms. The molecule has 4 aromatic rings. The van der Waals surface area contributed by atoms with Crippen LogP contribution in [0.25, 0.3) is 17.1 Å². The van der Waals surface area contributed by atoms with E-state index in [1.165, 1.54) is 0 Å². The van der Waals surface area contributed by atoms with Crippen molar-refractivity contribution in [3.8, 4) is 17.1 Å². The minimum atomic E-state index is -0.389. The maximum atomic E-state index is 12.9. The number of aryl methyl sites for hydroxylation is 1. The summed E-state index contributed by atoms with van der Waals surface area (Å²) in [6.45, 7) is 3.85. The predicted molar refractivity (Wildman–Crippen MR) is 116 cm³/mol. The Kier molecular flexibility index (Phi) is 5.14. The van der Waals surface area contributed by atoms with Crippen molar-refractivity contribution in [3.63, 3.8) is 0 Å². The van der Waals surface area contributed by atoms with E-state index in [0.29, 0.717) is 16.5 Å². The average Bonchev–Trinajstić information content (AvgIpc) is 3.18. The molecule has 0 atom stereocenters. The van der Waals surface area contributed by atoms with Gasteiger partial charge in [-0.15, -0.1) is 5.10 Å². The molecule has 144 valence electrons. The molecule has 0 unspecified atom stereocenters. The summed E-state index contributed by atoms with van der Waals surface area (Å²) in [6, 6.07) is 22.9. The van der Waals surface area contributed by atoms with Gasteiger partial charge in [-0.05, 0) is 43.2 Å². The van der Waals surface area contributed by atoms with Crippen molar-refractivity contribution in [2.24, 2.45) is 0 Å². The Morgan fingerprint density at radius 2 is 1.66 bits per heavy atom. The molecule has 0 saturated carbocycles. The number of rotatable bonds is 4. The van der Waals surface area contributed by atoms with Crippen LogP contribution in [0.2, 0.25) is 5.02 Å². The van der Waals surface area contributed by atoms with Crippen LogP contribution < -0.4 is 5.32 Å². The van der Waals surface area contributed by atoms with Gasteiger partial charge in [0.1, 0.15) is 0 Å². The number of anilines is 1. The number of nitrogens with one attached hydrogen (secondary N) is 1. The lowest BCUT2D eigenvalue weighted by atomic mass is 10.2. The Bertz CT molecular complexity index is 1180. The van der Waals surface area contributed by atoms with Gasteiger partial charge >= 0.3 is 0 Å². The second-order valence-electron chi connectivity index (χ2n) is 6.69. The van der Waals surface area contributed by atoms with E-state index in [0.717, 1.165) is 22.4 Å². The number of nitrogens with zero attached hydrogens (tertiary/aromatic N) is 3. The maximum absolute atomic E-state index is 12.9. The summed E-state index contributed by atoms with van der Waals surface area (Å²) in [5.41, 5.74) is 4.21.